The molecule has 6 heteroatoms. The average molecular weight is 298 g/mol. The highest BCUT2D eigenvalue weighted by atomic mass is 32.1. The number of aliphatic carboxylic acids is 1. The van der Waals surface area contributed by atoms with Crippen molar-refractivity contribution in [1.82, 2.24) is 10.2 Å². The van der Waals surface area contributed by atoms with Crippen LogP contribution in [0.25, 0.3) is 0 Å². The Labute approximate surface area is 123 Å². The zero-order valence-electron chi connectivity index (χ0n) is 12.3. The number of rotatable bonds is 6. The first-order valence-electron chi connectivity index (χ1n) is 6.70. The van der Waals surface area contributed by atoms with Crippen LogP contribution in [-0.4, -0.2) is 34.6 Å². The van der Waals surface area contributed by atoms with Crippen molar-refractivity contribution >= 4 is 23.3 Å². The maximum Gasteiger partial charge on any atom is 0.318 e. The van der Waals surface area contributed by atoms with Crippen LogP contribution in [0, 0.1) is 6.92 Å². The first-order chi connectivity index (χ1) is 9.35. The zero-order chi connectivity index (χ0) is 15.3. The first kappa shape index (κ1) is 16.5. The van der Waals surface area contributed by atoms with Gasteiger partial charge in [-0.1, -0.05) is 0 Å². The SMILES string of the molecule is CCN(C(=O)NC(C)c1ccc(C)s1)C(C)CC(=O)O. The molecule has 0 spiro atoms. The molecule has 2 atom stereocenters. The zero-order valence-corrected chi connectivity index (χ0v) is 13.2. The van der Waals surface area contributed by atoms with Gasteiger partial charge in [-0.25, -0.2) is 4.79 Å². The monoisotopic (exact) mass is 298 g/mol. The summed E-state index contributed by atoms with van der Waals surface area (Å²) in [6.45, 7) is 8.03. The third-order valence-electron chi connectivity index (χ3n) is 3.13. The minimum Gasteiger partial charge on any atom is -0.481 e. The van der Waals surface area contributed by atoms with Crippen LogP contribution >= 0.6 is 11.3 Å². The van der Waals surface area contributed by atoms with E-state index in [-0.39, 0.29) is 24.5 Å². The molecular weight excluding hydrogens is 276 g/mol. The number of carboxylic acid groups (broad SMARTS) is 1. The Bertz CT molecular complexity index is 473. The second-order valence-corrected chi connectivity index (χ2v) is 6.17. The lowest BCUT2D eigenvalue weighted by molar-refractivity contribution is -0.138. The molecule has 1 rings (SSSR count). The van der Waals surface area contributed by atoms with Gasteiger partial charge < -0.3 is 15.3 Å². The van der Waals surface area contributed by atoms with Gasteiger partial charge in [-0.05, 0) is 39.8 Å². The number of amides is 2. The molecule has 0 saturated carbocycles. The number of nitrogens with zero attached hydrogens (tertiary/aromatic N) is 1. The lowest BCUT2D eigenvalue weighted by atomic mass is 10.2. The molecule has 0 saturated heterocycles. The normalized spacial score (nSPS) is 13.6. The summed E-state index contributed by atoms with van der Waals surface area (Å²) in [5.74, 6) is -0.898. The fourth-order valence-electron chi connectivity index (χ4n) is 2.04. The lowest BCUT2D eigenvalue weighted by Crippen LogP contribution is -2.46. The molecule has 0 aromatic carbocycles. The highest BCUT2D eigenvalue weighted by molar-refractivity contribution is 7.12. The van der Waals surface area contributed by atoms with Crippen molar-refractivity contribution in [2.45, 2.75) is 46.2 Å². The van der Waals surface area contributed by atoms with Gasteiger partial charge in [0.15, 0.2) is 0 Å². The largest absolute Gasteiger partial charge is 0.481 e. The van der Waals surface area contributed by atoms with Gasteiger partial charge in [-0.3, -0.25) is 4.79 Å². The van der Waals surface area contributed by atoms with Crippen LogP contribution in [0.1, 0.15) is 43.0 Å². The number of carboxylic acids is 1. The summed E-state index contributed by atoms with van der Waals surface area (Å²) in [4.78, 5) is 26.8. The molecule has 2 N–H and O–H groups in total. The fourth-order valence-corrected chi connectivity index (χ4v) is 2.92. The van der Waals surface area contributed by atoms with Crippen LogP contribution in [0.5, 0.6) is 0 Å². The topological polar surface area (TPSA) is 69.6 Å². The third kappa shape index (κ3) is 4.52. The molecule has 20 heavy (non-hydrogen) atoms. The molecule has 0 radical (unpaired) electrons. The van der Waals surface area contributed by atoms with Crippen molar-refractivity contribution in [3.05, 3.63) is 21.9 Å². The van der Waals surface area contributed by atoms with Gasteiger partial charge in [0.05, 0.1) is 12.5 Å². The number of urea groups is 1. The molecule has 1 heterocycles. The van der Waals surface area contributed by atoms with Crippen molar-refractivity contribution in [2.24, 2.45) is 0 Å². The highest BCUT2D eigenvalue weighted by Gasteiger charge is 2.22. The Morgan fingerprint density at radius 1 is 1.40 bits per heavy atom. The van der Waals surface area contributed by atoms with Gasteiger partial charge in [0, 0.05) is 22.3 Å². The van der Waals surface area contributed by atoms with E-state index >= 15 is 0 Å². The Balaban J connectivity index is 2.65. The van der Waals surface area contributed by atoms with Gasteiger partial charge >= 0.3 is 12.0 Å². The number of carbonyl (C=O) groups is 2. The fraction of sp³-hybridized carbons (Fsp3) is 0.571. The maximum absolute atomic E-state index is 12.2. The van der Waals surface area contributed by atoms with Crippen molar-refractivity contribution in [3.8, 4) is 0 Å². The highest BCUT2D eigenvalue weighted by Crippen LogP contribution is 2.22. The number of thiophene rings is 1. The minimum absolute atomic E-state index is 0.0479. The molecule has 112 valence electrons. The molecule has 2 unspecified atom stereocenters. The van der Waals surface area contributed by atoms with E-state index in [0.29, 0.717) is 6.54 Å². The van der Waals surface area contributed by atoms with Gasteiger partial charge in [-0.2, -0.15) is 0 Å². The van der Waals surface area contributed by atoms with Gasteiger partial charge in [0.1, 0.15) is 0 Å². The van der Waals surface area contributed by atoms with Crippen LogP contribution in [0.3, 0.4) is 0 Å². The summed E-state index contributed by atoms with van der Waals surface area (Å²) in [6, 6.07) is 3.40. The van der Waals surface area contributed by atoms with E-state index in [1.807, 2.05) is 32.9 Å². The van der Waals surface area contributed by atoms with Gasteiger partial charge in [0.2, 0.25) is 0 Å². The van der Waals surface area contributed by atoms with E-state index in [2.05, 4.69) is 5.32 Å². The van der Waals surface area contributed by atoms with E-state index in [0.717, 1.165) is 4.88 Å². The van der Waals surface area contributed by atoms with Crippen molar-refractivity contribution in [2.75, 3.05) is 6.54 Å². The van der Waals surface area contributed by atoms with E-state index in [1.54, 1.807) is 23.2 Å². The van der Waals surface area contributed by atoms with Crippen molar-refractivity contribution < 1.29 is 14.7 Å². The Hall–Kier alpha value is -1.56. The predicted molar refractivity (Wildman–Crippen MR) is 80.1 cm³/mol. The smallest absolute Gasteiger partial charge is 0.318 e. The van der Waals surface area contributed by atoms with Crippen LogP contribution in [0.4, 0.5) is 4.79 Å². The molecule has 5 nitrogen and oxygen atoms in total. The van der Waals surface area contributed by atoms with Crippen LogP contribution in [0.15, 0.2) is 12.1 Å². The van der Waals surface area contributed by atoms with Crippen molar-refractivity contribution in [3.63, 3.8) is 0 Å². The average Bonchev–Trinajstić information content (AvgIpc) is 2.75. The summed E-state index contributed by atoms with van der Waals surface area (Å²) in [6.07, 6.45) is -0.0479. The molecular formula is C14H22N2O3S. The predicted octanol–water partition coefficient (Wildman–Crippen LogP) is 3.01. The molecule has 0 aliphatic heterocycles. The van der Waals surface area contributed by atoms with Crippen LogP contribution < -0.4 is 5.32 Å². The van der Waals surface area contributed by atoms with E-state index < -0.39 is 5.97 Å². The summed E-state index contributed by atoms with van der Waals surface area (Å²) >= 11 is 1.65. The lowest BCUT2D eigenvalue weighted by Gasteiger charge is -2.28. The van der Waals surface area contributed by atoms with Crippen molar-refractivity contribution in [1.29, 1.82) is 0 Å². The Kier molecular flexibility index (Phi) is 6.01. The number of hydrogen-bond donors (Lipinski definition) is 2. The molecule has 2 amide bonds. The quantitative estimate of drug-likeness (QED) is 0.848. The summed E-state index contributed by atoms with van der Waals surface area (Å²) in [7, 11) is 0. The number of nitrogens with one attached hydrogen (secondary N) is 1. The van der Waals surface area contributed by atoms with E-state index in [9.17, 15) is 9.59 Å². The molecule has 1 aromatic heterocycles. The number of aryl methyl sites for hydroxylation is 1. The number of hydrogen-bond acceptors (Lipinski definition) is 3. The molecule has 0 bridgehead atoms. The van der Waals surface area contributed by atoms with Gasteiger partial charge in [0.25, 0.3) is 0 Å². The third-order valence-corrected chi connectivity index (χ3v) is 4.31. The number of carbonyl (C=O) groups excluding carboxylic acids is 1. The standard InChI is InChI=1S/C14H22N2O3S/c1-5-16(9(2)8-13(17)18)14(19)15-11(4)12-7-6-10(3)20-12/h6-7,9,11H,5,8H2,1-4H3,(H,15,19)(H,17,18). The van der Waals surface area contributed by atoms with E-state index in [1.165, 1.54) is 4.88 Å². The Morgan fingerprint density at radius 2 is 2.05 bits per heavy atom. The second-order valence-electron chi connectivity index (χ2n) is 4.85. The maximum atomic E-state index is 12.2. The first-order valence-corrected chi connectivity index (χ1v) is 7.52. The molecule has 0 aliphatic rings. The van der Waals surface area contributed by atoms with E-state index in [4.69, 9.17) is 5.11 Å². The minimum atomic E-state index is -0.898. The Morgan fingerprint density at radius 3 is 2.50 bits per heavy atom. The van der Waals surface area contributed by atoms with Crippen LogP contribution in [0.2, 0.25) is 0 Å². The van der Waals surface area contributed by atoms with Gasteiger partial charge in [-0.15, -0.1) is 11.3 Å². The second kappa shape index (κ2) is 7.28. The van der Waals surface area contributed by atoms with Crippen LogP contribution in [-0.2, 0) is 4.79 Å². The summed E-state index contributed by atoms with van der Waals surface area (Å²) < 4.78 is 0. The summed E-state index contributed by atoms with van der Waals surface area (Å²) in [5, 5.41) is 11.7. The summed E-state index contributed by atoms with van der Waals surface area (Å²) in [5.41, 5.74) is 0. The molecule has 0 aliphatic carbocycles. The molecule has 1 aromatic rings. The molecule has 0 fully saturated rings.